The summed E-state index contributed by atoms with van der Waals surface area (Å²) < 4.78 is 10.9. The van der Waals surface area contributed by atoms with Gasteiger partial charge in [0.2, 0.25) is 0 Å². The van der Waals surface area contributed by atoms with Crippen molar-refractivity contribution in [1.29, 1.82) is 0 Å². The third kappa shape index (κ3) is 7.89. The van der Waals surface area contributed by atoms with E-state index in [0.717, 1.165) is 25.3 Å². The molecule has 0 aromatic heterocycles. The fraction of sp³-hybridized carbons (Fsp3) is 0.625. The number of nitrogens with two attached hydrogens (primary N) is 1. The van der Waals surface area contributed by atoms with Crippen LogP contribution in [-0.2, 0) is 0 Å². The lowest BCUT2D eigenvalue weighted by Gasteiger charge is -2.11. The van der Waals surface area contributed by atoms with E-state index in [1.165, 1.54) is 12.8 Å². The lowest BCUT2D eigenvalue weighted by atomic mass is 10.3. The Labute approximate surface area is 123 Å². The Morgan fingerprint density at radius 1 is 1.10 bits per heavy atom. The summed E-state index contributed by atoms with van der Waals surface area (Å²) in [6.07, 6.45) is 3.43. The highest BCUT2D eigenvalue weighted by molar-refractivity contribution is 5.51. The highest BCUT2D eigenvalue weighted by atomic mass is 16.5. The van der Waals surface area contributed by atoms with E-state index in [1.54, 1.807) is 19.2 Å². The molecule has 0 spiro atoms. The van der Waals surface area contributed by atoms with Crippen molar-refractivity contribution in [2.24, 2.45) is 0 Å². The van der Waals surface area contributed by atoms with Crippen LogP contribution in [0.15, 0.2) is 18.2 Å². The molecular formula is C16H30N2O2. The van der Waals surface area contributed by atoms with Crippen molar-refractivity contribution >= 4 is 5.69 Å². The van der Waals surface area contributed by atoms with Crippen molar-refractivity contribution in [3.63, 3.8) is 0 Å². The number of anilines is 1. The maximum absolute atomic E-state index is 5.72. The van der Waals surface area contributed by atoms with Crippen LogP contribution in [-0.4, -0.2) is 26.8 Å². The van der Waals surface area contributed by atoms with E-state index < -0.39 is 0 Å². The summed E-state index contributed by atoms with van der Waals surface area (Å²) in [4.78, 5) is 0. The molecule has 0 aliphatic rings. The zero-order chi connectivity index (χ0) is 15.2. The maximum Gasteiger partial charge on any atom is 0.163 e. The van der Waals surface area contributed by atoms with Crippen molar-refractivity contribution in [1.82, 2.24) is 5.32 Å². The molecule has 0 fully saturated rings. The van der Waals surface area contributed by atoms with E-state index in [4.69, 9.17) is 15.2 Å². The molecule has 0 aliphatic heterocycles. The van der Waals surface area contributed by atoms with Gasteiger partial charge in [0, 0.05) is 11.8 Å². The van der Waals surface area contributed by atoms with Crippen molar-refractivity contribution in [3.8, 4) is 11.5 Å². The van der Waals surface area contributed by atoms with E-state index >= 15 is 0 Å². The first-order valence-electron chi connectivity index (χ1n) is 7.55. The van der Waals surface area contributed by atoms with Gasteiger partial charge in [0.15, 0.2) is 11.5 Å². The standard InChI is InChI=1S/C14H24N2O2.C2H6/c1-3-4-8-16-9-5-10-18-14-11-12(15)6-7-13(14)17-2;1-2/h6-7,11,16H,3-5,8-10,15H2,1-2H3;1-2H3. The van der Waals surface area contributed by atoms with Crippen molar-refractivity contribution < 1.29 is 9.47 Å². The lowest BCUT2D eigenvalue weighted by Crippen LogP contribution is -2.18. The summed E-state index contributed by atoms with van der Waals surface area (Å²) in [5.41, 5.74) is 6.41. The number of methoxy groups -OCH3 is 1. The Morgan fingerprint density at radius 3 is 2.45 bits per heavy atom. The van der Waals surface area contributed by atoms with Gasteiger partial charge in [-0.2, -0.15) is 0 Å². The number of hydrogen-bond acceptors (Lipinski definition) is 4. The van der Waals surface area contributed by atoms with Gasteiger partial charge < -0.3 is 20.5 Å². The average molecular weight is 282 g/mol. The summed E-state index contributed by atoms with van der Waals surface area (Å²) >= 11 is 0. The number of nitrogen functional groups attached to an aromatic ring is 1. The second kappa shape index (κ2) is 12.6. The smallest absolute Gasteiger partial charge is 0.163 e. The first-order valence-corrected chi connectivity index (χ1v) is 7.55. The van der Waals surface area contributed by atoms with Gasteiger partial charge in [0.05, 0.1) is 13.7 Å². The minimum atomic E-state index is 0.666. The minimum absolute atomic E-state index is 0.666. The second-order valence-corrected chi connectivity index (χ2v) is 4.22. The van der Waals surface area contributed by atoms with E-state index in [0.29, 0.717) is 18.0 Å². The van der Waals surface area contributed by atoms with Gasteiger partial charge in [-0.25, -0.2) is 0 Å². The molecule has 0 atom stereocenters. The molecule has 0 aliphatic carbocycles. The molecule has 0 amide bonds. The van der Waals surface area contributed by atoms with Crippen molar-refractivity contribution in [2.75, 3.05) is 32.5 Å². The molecule has 0 heterocycles. The van der Waals surface area contributed by atoms with Gasteiger partial charge in [-0.05, 0) is 38.1 Å². The minimum Gasteiger partial charge on any atom is -0.493 e. The molecule has 1 aromatic rings. The van der Waals surface area contributed by atoms with Crippen molar-refractivity contribution in [2.45, 2.75) is 40.0 Å². The predicted molar refractivity (Wildman–Crippen MR) is 86.6 cm³/mol. The first-order chi connectivity index (χ1) is 9.77. The van der Waals surface area contributed by atoms with Crippen LogP contribution in [0.25, 0.3) is 0 Å². The Bertz CT molecular complexity index is 343. The molecule has 116 valence electrons. The fourth-order valence-electron chi connectivity index (χ4n) is 1.61. The Morgan fingerprint density at radius 2 is 1.80 bits per heavy atom. The molecule has 0 radical (unpaired) electrons. The van der Waals surface area contributed by atoms with E-state index in [1.807, 2.05) is 19.9 Å². The molecule has 0 saturated carbocycles. The third-order valence-electron chi connectivity index (χ3n) is 2.65. The summed E-state index contributed by atoms with van der Waals surface area (Å²) in [5, 5.41) is 3.38. The quantitative estimate of drug-likeness (QED) is 0.538. The molecule has 4 nitrogen and oxygen atoms in total. The highest BCUT2D eigenvalue weighted by Gasteiger charge is 2.03. The zero-order valence-corrected chi connectivity index (χ0v) is 13.4. The van der Waals surface area contributed by atoms with E-state index in [2.05, 4.69) is 12.2 Å². The van der Waals surface area contributed by atoms with Crippen LogP contribution in [0.1, 0.15) is 40.0 Å². The number of hydrogen-bond donors (Lipinski definition) is 2. The lowest BCUT2D eigenvalue weighted by molar-refractivity contribution is 0.288. The van der Waals surface area contributed by atoms with Crippen LogP contribution in [0.2, 0.25) is 0 Å². The summed E-state index contributed by atoms with van der Waals surface area (Å²) in [7, 11) is 1.63. The number of ether oxygens (including phenoxy) is 2. The van der Waals surface area contributed by atoms with Crippen LogP contribution in [0.4, 0.5) is 5.69 Å². The van der Waals surface area contributed by atoms with Gasteiger partial charge in [-0.1, -0.05) is 27.2 Å². The largest absolute Gasteiger partial charge is 0.493 e. The zero-order valence-electron chi connectivity index (χ0n) is 13.4. The molecule has 3 N–H and O–H groups in total. The molecule has 1 rings (SSSR count). The van der Waals surface area contributed by atoms with Crippen LogP contribution >= 0.6 is 0 Å². The summed E-state index contributed by atoms with van der Waals surface area (Å²) in [6.45, 7) is 8.92. The fourth-order valence-corrected chi connectivity index (χ4v) is 1.61. The predicted octanol–water partition coefficient (Wildman–Crippen LogP) is 3.46. The third-order valence-corrected chi connectivity index (χ3v) is 2.65. The van der Waals surface area contributed by atoms with E-state index in [-0.39, 0.29) is 0 Å². The highest BCUT2D eigenvalue weighted by Crippen LogP contribution is 2.28. The van der Waals surface area contributed by atoms with Crippen LogP contribution in [0.5, 0.6) is 11.5 Å². The number of nitrogens with one attached hydrogen (secondary N) is 1. The van der Waals surface area contributed by atoms with Crippen LogP contribution in [0.3, 0.4) is 0 Å². The summed E-state index contributed by atoms with van der Waals surface area (Å²) in [6, 6.07) is 5.42. The molecule has 0 bridgehead atoms. The Hall–Kier alpha value is -1.42. The van der Waals surface area contributed by atoms with Gasteiger partial charge in [0.1, 0.15) is 0 Å². The number of rotatable bonds is 9. The van der Waals surface area contributed by atoms with Gasteiger partial charge >= 0.3 is 0 Å². The topological polar surface area (TPSA) is 56.5 Å². The van der Waals surface area contributed by atoms with Gasteiger partial charge in [0.25, 0.3) is 0 Å². The Balaban J connectivity index is 0.00000172. The van der Waals surface area contributed by atoms with Crippen molar-refractivity contribution in [3.05, 3.63) is 18.2 Å². The molecular weight excluding hydrogens is 252 g/mol. The SMILES string of the molecule is CC.CCCCNCCCOc1cc(N)ccc1OC. The molecule has 20 heavy (non-hydrogen) atoms. The van der Waals surface area contributed by atoms with Gasteiger partial charge in [-0.3, -0.25) is 0 Å². The summed E-state index contributed by atoms with van der Waals surface area (Å²) in [5.74, 6) is 1.44. The number of benzene rings is 1. The molecule has 0 saturated heterocycles. The normalized spacial score (nSPS) is 9.60. The van der Waals surface area contributed by atoms with Gasteiger partial charge in [-0.15, -0.1) is 0 Å². The molecule has 4 heteroatoms. The van der Waals surface area contributed by atoms with Crippen LogP contribution < -0.4 is 20.5 Å². The number of unbranched alkanes of at least 4 members (excludes halogenated alkanes) is 1. The monoisotopic (exact) mass is 282 g/mol. The second-order valence-electron chi connectivity index (χ2n) is 4.22. The maximum atomic E-state index is 5.72. The van der Waals surface area contributed by atoms with E-state index in [9.17, 15) is 0 Å². The molecule has 1 aromatic carbocycles. The average Bonchev–Trinajstić information content (AvgIpc) is 2.48. The Kier molecular flexibility index (Phi) is 11.7. The molecule has 0 unspecified atom stereocenters. The van der Waals surface area contributed by atoms with Crippen LogP contribution in [0, 0.1) is 0 Å². The first kappa shape index (κ1) is 18.6.